The zero-order valence-electron chi connectivity index (χ0n) is 15.6. The highest BCUT2D eigenvalue weighted by atomic mass is 32.2. The molecule has 4 amide bonds. The van der Waals surface area contributed by atoms with Crippen LogP contribution in [0.15, 0.2) is 30.3 Å². The summed E-state index contributed by atoms with van der Waals surface area (Å²) in [5.41, 5.74) is -0.644. The Kier molecular flexibility index (Phi) is 5.71. The van der Waals surface area contributed by atoms with Crippen molar-refractivity contribution < 1.29 is 22.8 Å². The summed E-state index contributed by atoms with van der Waals surface area (Å²) in [5.74, 6) is -0.925. The molecule has 0 aromatic heterocycles. The molecule has 0 spiro atoms. The lowest BCUT2D eigenvalue weighted by atomic mass is 10.00. The van der Waals surface area contributed by atoms with E-state index in [0.717, 1.165) is 0 Å². The smallest absolute Gasteiger partial charge is 0.322 e. The van der Waals surface area contributed by atoms with Crippen molar-refractivity contribution in [1.29, 1.82) is 0 Å². The van der Waals surface area contributed by atoms with E-state index in [2.05, 4.69) is 16.0 Å². The van der Waals surface area contributed by atoms with Crippen molar-refractivity contribution in [2.75, 3.05) is 18.8 Å². The van der Waals surface area contributed by atoms with Crippen LogP contribution in [-0.2, 0) is 14.8 Å². The molecule has 0 radical (unpaired) electrons. The third-order valence-corrected chi connectivity index (χ3v) is 7.07. The third kappa shape index (κ3) is 4.50. The lowest BCUT2D eigenvalue weighted by Crippen LogP contribution is -2.49. The Hall–Kier alpha value is -2.46. The summed E-state index contributed by atoms with van der Waals surface area (Å²) in [6.07, 6.45) is 1.04. The topological polar surface area (TPSA) is 125 Å². The molecule has 0 aliphatic carbocycles. The van der Waals surface area contributed by atoms with E-state index in [1.54, 1.807) is 24.3 Å². The van der Waals surface area contributed by atoms with E-state index in [9.17, 15) is 22.8 Å². The summed E-state index contributed by atoms with van der Waals surface area (Å²) >= 11 is 0. The average Bonchev–Trinajstić information content (AvgIpc) is 2.93. The van der Waals surface area contributed by atoms with E-state index in [1.807, 2.05) is 6.07 Å². The summed E-state index contributed by atoms with van der Waals surface area (Å²) in [4.78, 5) is 35.3. The first-order chi connectivity index (χ1) is 13.2. The van der Waals surface area contributed by atoms with E-state index in [0.29, 0.717) is 31.5 Å². The Morgan fingerprint density at radius 3 is 2.43 bits per heavy atom. The molecule has 3 rings (SSSR count). The number of sulfonamides is 1. The molecule has 0 bridgehead atoms. The Balaban J connectivity index is 1.50. The van der Waals surface area contributed by atoms with Crippen molar-refractivity contribution in [3.05, 3.63) is 35.9 Å². The number of benzene rings is 1. The molecule has 152 valence electrons. The van der Waals surface area contributed by atoms with Gasteiger partial charge < -0.3 is 10.6 Å². The molecule has 1 atom stereocenters. The monoisotopic (exact) mass is 408 g/mol. The molecular formula is C18H24N4O5S. The van der Waals surface area contributed by atoms with Gasteiger partial charge in [0.2, 0.25) is 10.0 Å². The molecule has 1 aromatic rings. The SMILES string of the molecule is C[C@]1(CCS(=O)(=O)N2CCC(NC(=O)c3ccccc3)CC2)NC(=O)NC1=O. The van der Waals surface area contributed by atoms with E-state index in [-0.39, 0.29) is 24.1 Å². The maximum Gasteiger partial charge on any atom is 0.322 e. The zero-order chi connectivity index (χ0) is 20.4. The minimum absolute atomic E-state index is 0.00240. The average molecular weight is 408 g/mol. The summed E-state index contributed by atoms with van der Waals surface area (Å²) in [5, 5.41) is 7.53. The lowest BCUT2D eigenvalue weighted by molar-refractivity contribution is -0.123. The van der Waals surface area contributed by atoms with Crippen LogP contribution in [0.2, 0.25) is 0 Å². The highest BCUT2D eigenvalue weighted by molar-refractivity contribution is 7.89. The van der Waals surface area contributed by atoms with Gasteiger partial charge in [-0.2, -0.15) is 0 Å². The number of rotatable bonds is 6. The first-order valence-corrected chi connectivity index (χ1v) is 10.8. The maximum absolute atomic E-state index is 12.6. The lowest BCUT2D eigenvalue weighted by Gasteiger charge is -2.32. The van der Waals surface area contributed by atoms with E-state index in [1.165, 1.54) is 11.2 Å². The van der Waals surface area contributed by atoms with Crippen LogP contribution in [0.4, 0.5) is 4.79 Å². The van der Waals surface area contributed by atoms with Crippen LogP contribution in [-0.4, -0.2) is 61.0 Å². The third-order valence-electron chi connectivity index (χ3n) is 5.20. The van der Waals surface area contributed by atoms with E-state index < -0.39 is 27.5 Å². The summed E-state index contributed by atoms with van der Waals surface area (Å²) in [6.45, 7) is 2.11. The first kappa shape index (κ1) is 20.3. The molecule has 2 saturated heterocycles. The Morgan fingerprint density at radius 2 is 1.86 bits per heavy atom. The standard InChI is InChI=1S/C18H24N4O5S/c1-18(16(24)20-17(25)21-18)9-12-28(26,27)22-10-7-14(8-11-22)19-15(23)13-5-3-2-4-6-13/h2-6,14H,7-12H2,1H3,(H,19,23)(H2,20,21,24,25)/t18-/m1/s1. The molecule has 0 saturated carbocycles. The molecule has 2 aliphatic heterocycles. The normalized spacial score (nSPS) is 23.9. The molecule has 2 aliphatic rings. The van der Waals surface area contributed by atoms with Crippen molar-refractivity contribution in [2.45, 2.75) is 37.8 Å². The highest BCUT2D eigenvalue weighted by Crippen LogP contribution is 2.20. The molecule has 1 aromatic carbocycles. The van der Waals surface area contributed by atoms with Gasteiger partial charge >= 0.3 is 6.03 Å². The van der Waals surface area contributed by atoms with Crippen LogP contribution < -0.4 is 16.0 Å². The van der Waals surface area contributed by atoms with Gasteiger partial charge in [-0.15, -0.1) is 0 Å². The highest BCUT2D eigenvalue weighted by Gasteiger charge is 2.43. The number of imide groups is 1. The van der Waals surface area contributed by atoms with Gasteiger partial charge in [0.25, 0.3) is 11.8 Å². The number of urea groups is 1. The first-order valence-electron chi connectivity index (χ1n) is 9.17. The zero-order valence-corrected chi connectivity index (χ0v) is 16.4. The van der Waals surface area contributed by atoms with Gasteiger partial charge in [-0.25, -0.2) is 17.5 Å². The van der Waals surface area contributed by atoms with E-state index >= 15 is 0 Å². The van der Waals surface area contributed by atoms with Crippen molar-refractivity contribution >= 4 is 27.9 Å². The van der Waals surface area contributed by atoms with Crippen molar-refractivity contribution in [2.24, 2.45) is 0 Å². The predicted octanol–water partition coefficient (Wildman–Crippen LogP) is 0.199. The Labute approximate surface area is 163 Å². The number of amides is 4. The van der Waals surface area contributed by atoms with Gasteiger partial charge in [-0.3, -0.25) is 14.9 Å². The summed E-state index contributed by atoms with van der Waals surface area (Å²) < 4.78 is 26.6. The minimum atomic E-state index is -3.56. The van der Waals surface area contributed by atoms with Crippen LogP contribution in [0.1, 0.15) is 36.5 Å². The van der Waals surface area contributed by atoms with Gasteiger partial charge in [0.1, 0.15) is 5.54 Å². The number of nitrogens with one attached hydrogen (secondary N) is 3. The molecular weight excluding hydrogens is 384 g/mol. The number of hydrogen-bond acceptors (Lipinski definition) is 5. The molecule has 9 nitrogen and oxygen atoms in total. The summed E-state index contributed by atoms with van der Waals surface area (Å²) in [7, 11) is -3.56. The van der Waals surface area contributed by atoms with Crippen LogP contribution in [0.25, 0.3) is 0 Å². The second kappa shape index (κ2) is 7.88. The van der Waals surface area contributed by atoms with Crippen molar-refractivity contribution in [3.63, 3.8) is 0 Å². The maximum atomic E-state index is 12.6. The quantitative estimate of drug-likeness (QED) is 0.580. The van der Waals surface area contributed by atoms with Crippen molar-refractivity contribution in [3.8, 4) is 0 Å². The molecule has 0 unspecified atom stereocenters. The molecule has 2 heterocycles. The van der Waals surface area contributed by atoms with Crippen LogP contribution in [0.5, 0.6) is 0 Å². The Morgan fingerprint density at radius 1 is 1.21 bits per heavy atom. The van der Waals surface area contributed by atoms with Gasteiger partial charge in [-0.05, 0) is 38.3 Å². The number of piperidine rings is 1. The van der Waals surface area contributed by atoms with Crippen LogP contribution in [0, 0.1) is 0 Å². The van der Waals surface area contributed by atoms with Gasteiger partial charge in [-0.1, -0.05) is 18.2 Å². The van der Waals surface area contributed by atoms with E-state index in [4.69, 9.17) is 0 Å². The Bertz CT molecular complexity index is 865. The van der Waals surface area contributed by atoms with Crippen LogP contribution >= 0.6 is 0 Å². The fraction of sp³-hybridized carbons (Fsp3) is 0.500. The van der Waals surface area contributed by atoms with Gasteiger partial charge in [0, 0.05) is 24.7 Å². The second-order valence-electron chi connectivity index (χ2n) is 7.32. The number of hydrogen-bond donors (Lipinski definition) is 3. The molecule has 28 heavy (non-hydrogen) atoms. The fourth-order valence-electron chi connectivity index (χ4n) is 3.35. The van der Waals surface area contributed by atoms with Gasteiger partial charge in [0.05, 0.1) is 5.75 Å². The van der Waals surface area contributed by atoms with Gasteiger partial charge in [0.15, 0.2) is 0 Å². The second-order valence-corrected chi connectivity index (χ2v) is 9.41. The number of nitrogens with zero attached hydrogens (tertiary/aromatic N) is 1. The van der Waals surface area contributed by atoms with Crippen molar-refractivity contribution in [1.82, 2.24) is 20.3 Å². The van der Waals surface area contributed by atoms with Crippen LogP contribution in [0.3, 0.4) is 0 Å². The minimum Gasteiger partial charge on any atom is -0.349 e. The number of carbonyl (C=O) groups is 3. The summed E-state index contributed by atoms with van der Waals surface area (Å²) in [6, 6.07) is 8.17. The largest absolute Gasteiger partial charge is 0.349 e. The molecule has 3 N–H and O–H groups in total. The molecule has 2 fully saturated rings. The predicted molar refractivity (Wildman–Crippen MR) is 102 cm³/mol. The molecule has 10 heteroatoms. The number of carbonyl (C=O) groups excluding carboxylic acids is 3. The fourth-order valence-corrected chi connectivity index (χ4v) is 5.05.